The summed E-state index contributed by atoms with van der Waals surface area (Å²) >= 11 is 6.27. The number of aromatic nitrogens is 3. The molecule has 0 saturated carbocycles. The number of ether oxygens (including phenoxy) is 1. The smallest absolute Gasteiger partial charge is 0.302 e. The summed E-state index contributed by atoms with van der Waals surface area (Å²) in [6.45, 7) is 7.92. The van der Waals surface area contributed by atoms with Crippen LogP contribution in [0.1, 0.15) is 38.8 Å². The van der Waals surface area contributed by atoms with Gasteiger partial charge in [0.05, 0.1) is 16.1 Å². The molecule has 0 bridgehead atoms. The first kappa shape index (κ1) is 17.4. The van der Waals surface area contributed by atoms with E-state index in [4.69, 9.17) is 16.3 Å². The van der Waals surface area contributed by atoms with Crippen LogP contribution in [0.2, 0.25) is 5.02 Å². The highest BCUT2D eigenvalue weighted by atomic mass is 35.5. The second kappa shape index (κ2) is 6.48. The van der Waals surface area contributed by atoms with Crippen LogP contribution in [-0.2, 0) is 21.6 Å². The molecule has 5 nitrogen and oxygen atoms in total. The van der Waals surface area contributed by atoms with E-state index in [-0.39, 0.29) is 18.0 Å². The Kier molecular flexibility index (Phi) is 4.52. The number of esters is 1. The molecule has 130 valence electrons. The SMILES string of the molecule is CC(=O)OCc1c(Cl)ccnc1-c1nc2ccc(C(C)(C)C)cc2[nH]1. The largest absolute Gasteiger partial charge is 0.461 e. The Morgan fingerprint density at radius 1 is 1.28 bits per heavy atom. The number of carbonyl (C=O) groups is 1. The van der Waals surface area contributed by atoms with Gasteiger partial charge in [-0.15, -0.1) is 0 Å². The number of pyridine rings is 1. The molecule has 0 radical (unpaired) electrons. The van der Waals surface area contributed by atoms with Crippen LogP contribution >= 0.6 is 11.6 Å². The van der Waals surface area contributed by atoms with Gasteiger partial charge in [0.2, 0.25) is 0 Å². The number of aromatic amines is 1. The van der Waals surface area contributed by atoms with Gasteiger partial charge in [0.25, 0.3) is 0 Å². The molecule has 1 N–H and O–H groups in total. The van der Waals surface area contributed by atoms with Crippen LogP contribution in [0.3, 0.4) is 0 Å². The molecule has 3 rings (SSSR count). The van der Waals surface area contributed by atoms with Gasteiger partial charge in [0.1, 0.15) is 12.3 Å². The summed E-state index contributed by atoms with van der Waals surface area (Å²) in [5.41, 5.74) is 4.27. The molecular formula is C19H20ClN3O2. The van der Waals surface area contributed by atoms with E-state index >= 15 is 0 Å². The summed E-state index contributed by atoms with van der Waals surface area (Å²) in [7, 11) is 0. The van der Waals surface area contributed by atoms with Crippen molar-refractivity contribution in [2.24, 2.45) is 0 Å². The Hall–Kier alpha value is -2.40. The molecule has 0 aliphatic heterocycles. The minimum absolute atomic E-state index is 0.0499. The van der Waals surface area contributed by atoms with Crippen molar-refractivity contribution in [1.82, 2.24) is 15.0 Å². The first-order chi connectivity index (χ1) is 11.8. The number of benzene rings is 1. The third-order valence-corrected chi connectivity index (χ3v) is 4.34. The Morgan fingerprint density at radius 2 is 2.04 bits per heavy atom. The van der Waals surface area contributed by atoms with Crippen molar-refractivity contribution in [3.8, 4) is 11.5 Å². The Labute approximate surface area is 151 Å². The highest BCUT2D eigenvalue weighted by Crippen LogP contribution is 2.30. The average Bonchev–Trinajstić information content (AvgIpc) is 2.95. The van der Waals surface area contributed by atoms with Crippen molar-refractivity contribution < 1.29 is 9.53 Å². The fraction of sp³-hybridized carbons (Fsp3) is 0.316. The van der Waals surface area contributed by atoms with Gasteiger partial charge in [0, 0.05) is 18.7 Å². The number of nitrogens with zero attached hydrogens (tertiary/aromatic N) is 2. The molecule has 0 fully saturated rings. The second-order valence-electron chi connectivity index (χ2n) is 6.97. The summed E-state index contributed by atoms with van der Waals surface area (Å²) in [4.78, 5) is 23.4. The molecule has 2 aromatic heterocycles. The van der Waals surface area contributed by atoms with E-state index in [2.05, 4.69) is 47.9 Å². The van der Waals surface area contributed by atoms with Gasteiger partial charge in [-0.05, 0) is 29.2 Å². The fourth-order valence-corrected chi connectivity index (χ4v) is 2.77. The van der Waals surface area contributed by atoms with E-state index in [0.717, 1.165) is 11.0 Å². The molecule has 2 heterocycles. The number of halogens is 1. The monoisotopic (exact) mass is 357 g/mol. The van der Waals surface area contributed by atoms with Crippen molar-refractivity contribution in [1.29, 1.82) is 0 Å². The third-order valence-electron chi connectivity index (χ3n) is 3.99. The zero-order valence-electron chi connectivity index (χ0n) is 14.7. The van der Waals surface area contributed by atoms with Crippen molar-refractivity contribution in [3.05, 3.63) is 46.6 Å². The standard InChI is InChI=1S/C19H20ClN3O2/c1-11(24)25-10-13-14(20)7-8-21-17(13)18-22-15-6-5-12(19(2,3)4)9-16(15)23-18/h5-9H,10H2,1-4H3,(H,22,23). The van der Waals surface area contributed by atoms with Crippen LogP contribution in [0.25, 0.3) is 22.6 Å². The number of imidazole rings is 1. The third kappa shape index (κ3) is 3.66. The van der Waals surface area contributed by atoms with Gasteiger partial charge in [-0.3, -0.25) is 9.78 Å². The number of nitrogens with one attached hydrogen (secondary N) is 1. The lowest BCUT2D eigenvalue weighted by Gasteiger charge is -2.18. The molecule has 3 aromatic rings. The van der Waals surface area contributed by atoms with Crippen molar-refractivity contribution in [3.63, 3.8) is 0 Å². The van der Waals surface area contributed by atoms with E-state index in [1.165, 1.54) is 12.5 Å². The maximum Gasteiger partial charge on any atom is 0.302 e. The summed E-state index contributed by atoms with van der Waals surface area (Å²) in [5, 5.41) is 0.488. The quantitative estimate of drug-likeness (QED) is 0.693. The maximum atomic E-state index is 11.1. The highest BCUT2D eigenvalue weighted by molar-refractivity contribution is 6.31. The Morgan fingerprint density at radius 3 is 2.72 bits per heavy atom. The zero-order valence-corrected chi connectivity index (χ0v) is 15.4. The number of fused-ring (bicyclic) bond motifs is 1. The minimum atomic E-state index is -0.370. The van der Waals surface area contributed by atoms with Crippen LogP contribution in [0.15, 0.2) is 30.5 Å². The number of H-pyrrole nitrogens is 1. The van der Waals surface area contributed by atoms with E-state index < -0.39 is 0 Å². The molecule has 25 heavy (non-hydrogen) atoms. The zero-order chi connectivity index (χ0) is 18.2. The first-order valence-corrected chi connectivity index (χ1v) is 8.41. The molecule has 1 aromatic carbocycles. The van der Waals surface area contributed by atoms with Crippen molar-refractivity contribution >= 4 is 28.6 Å². The van der Waals surface area contributed by atoms with Crippen LogP contribution in [-0.4, -0.2) is 20.9 Å². The molecule has 0 aliphatic rings. The predicted molar refractivity (Wildman–Crippen MR) is 98.5 cm³/mol. The molecule has 6 heteroatoms. The molecule has 0 amide bonds. The average molecular weight is 358 g/mol. The van der Waals surface area contributed by atoms with E-state index in [9.17, 15) is 4.79 Å². The van der Waals surface area contributed by atoms with Crippen LogP contribution in [0, 0.1) is 0 Å². The highest BCUT2D eigenvalue weighted by Gasteiger charge is 2.18. The van der Waals surface area contributed by atoms with Gasteiger partial charge in [-0.1, -0.05) is 38.4 Å². The fourth-order valence-electron chi connectivity index (χ4n) is 2.57. The van der Waals surface area contributed by atoms with Gasteiger partial charge in [-0.2, -0.15) is 0 Å². The van der Waals surface area contributed by atoms with Gasteiger partial charge >= 0.3 is 5.97 Å². The summed E-state index contributed by atoms with van der Waals surface area (Å²) in [6.07, 6.45) is 1.61. The summed E-state index contributed by atoms with van der Waals surface area (Å²) in [5.74, 6) is 0.232. The number of rotatable bonds is 3. The molecule has 0 saturated heterocycles. The van der Waals surface area contributed by atoms with Gasteiger partial charge < -0.3 is 9.72 Å². The van der Waals surface area contributed by atoms with Crippen LogP contribution in [0.4, 0.5) is 0 Å². The topological polar surface area (TPSA) is 67.9 Å². The van der Waals surface area contributed by atoms with Crippen molar-refractivity contribution in [2.45, 2.75) is 39.7 Å². The molecule has 0 unspecified atom stereocenters. The lowest BCUT2D eigenvalue weighted by atomic mass is 9.87. The van der Waals surface area contributed by atoms with Crippen LogP contribution < -0.4 is 0 Å². The summed E-state index contributed by atoms with van der Waals surface area (Å²) < 4.78 is 5.10. The predicted octanol–water partition coefficient (Wildman–Crippen LogP) is 4.64. The lowest BCUT2D eigenvalue weighted by Crippen LogP contribution is -2.10. The van der Waals surface area contributed by atoms with Crippen molar-refractivity contribution in [2.75, 3.05) is 0 Å². The lowest BCUT2D eigenvalue weighted by molar-refractivity contribution is -0.142. The number of hydrogen-bond acceptors (Lipinski definition) is 4. The Balaban J connectivity index is 2.07. The number of carbonyl (C=O) groups excluding carboxylic acids is 1. The molecular weight excluding hydrogens is 338 g/mol. The minimum Gasteiger partial charge on any atom is -0.461 e. The normalized spacial score (nSPS) is 11.7. The first-order valence-electron chi connectivity index (χ1n) is 8.03. The van der Waals surface area contributed by atoms with Gasteiger partial charge in [-0.25, -0.2) is 4.98 Å². The number of hydrogen-bond donors (Lipinski definition) is 1. The molecule has 0 aliphatic carbocycles. The van der Waals surface area contributed by atoms with E-state index in [1.807, 2.05) is 6.07 Å². The summed E-state index contributed by atoms with van der Waals surface area (Å²) in [6, 6.07) is 7.84. The molecule has 0 atom stereocenters. The maximum absolute atomic E-state index is 11.1. The Bertz CT molecular complexity index is 941. The van der Waals surface area contributed by atoms with E-state index in [1.54, 1.807) is 12.3 Å². The van der Waals surface area contributed by atoms with Crippen LogP contribution in [0.5, 0.6) is 0 Å². The van der Waals surface area contributed by atoms with E-state index in [0.29, 0.717) is 22.1 Å². The molecule has 0 spiro atoms. The second-order valence-corrected chi connectivity index (χ2v) is 7.37. The van der Waals surface area contributed by atoms with Gasteiger partial charge in [0.15, 0.2) is 5.82 Å².